The number of piperidine rings is 1. The van der Waals surface area contributed by atoms with Crippen LogP contribution in [0.5, 0.6) is 0 Å². The lowest BCUT2D eigenvalue weighted by molar-refractivity contribution is -0.111. The molecular weight excluding hydrogens is 418 g/mol. The molecule has 0 aromatic carbocycles. The van der Waals surface area contributed by atoms with E-state index in [0.717, 1.165) is 16.9 Å². The third-order valence-corrected chi connectivity index (χ3v) is 6.60. The summed E-state index contributed by atoms with van der Waals surface area (Å²) in [5, 5.41) is 22.7. The number of rotatable bonds is 4. The summed E-state index contributed by atoms with van der Waals surface area (Å²) in [6.45, 7) is 0.892. The molecule has 1 fully saturated rings. The van der Waals surface area contributed by atoms with Gasteiger partial charge in [0, 0.05) is 30.5 Å². The maximum Gasteiger partial charge on any atom is 0.410 e. The van der Waals surface area contributed by atoms with Crippen molar-refractivity contribution in [3.8, 4) is 6.07 Å². The van der Waals surface area contributed by atoms with Crippen LogP contribution in [0.25, 0.3) is 6.08 Å². The molecule has 0 saturated carbocycles. The Labute approximate surface area is 183 Å². The number of thiophene rings is 1. The second kappa shape index (κ2) is 9.37. The lowest BCUT2D eigenvalue weighted by atomic mass is 9.94. The number of aliphatic hydroxyl groups is 1. The summed E-state index contributed by atoms with van der Waals surface area (Å²) in [5.41, 5.74) is 1.39. The fourth-order valence-electron chi connectivity index (χ4n) is 3.90. The fraction of sp³-hybridized carbons (Fsp3) is 0.409. The molecule has 0 radical (unpaired) electrons. The first-order chi connectivity index (χ1) is 15.0. The van der Waals surface area contributed by atoms with Gasteiger partial charge in [0.15, 0.2) is 0 Å². The van der Waals surface area contributed by atoms with Crippen LogP contribution in [0.15, 0.2) is 28.9 Å². The number of likely N-dealkylation sites (tertiary alicyclic amines) is 1. The van der Waals surface area contributed by atoms with E-state index in [0.29, 0.717) is 55.1 Å². The SMILES string of the molecule is N#Cc1c(NC(=O)C=Cc2ccco2)sc2c1CCC(OC(=O)N1CCCC(O)C1)C2. The van der Waals surface area contributed by atoms with Gasteiger partial charge in [-0.2, -0.15) is 5.26 Å². The zero-order valence-corrected chi connectivity index (χ0v) is 17.7. The van der Waals surface area contributed by atoms with Crippen molar-refractivity contribution in [2.75, 3.05) is 18.4 Å². The Balaban J connectivity index is 1.40. The number of ether oxygens (including phenoxy) is 1. The number of aliphatic hydroxyl groups excluding tert-OH is 1. The zero-order chi connectivity index (χ0) is 21.8. The van der Waals surface area contributed by atoms with Gasteiger partial charge in [-0.1, -0.05) is 0 Å². The lowest BCUT2D eigenvalue weighted by Gasteiger charge is -2.31. The first-order valence-corrected chi connectivity index (χ1v) is 11.1. The Morgan fingerprint density at radius 1 is 1.42 bits per heavy atom. The molecule has 2 aliphatic rings. The highest BCUT2D eigenvalue weighted by Crippen LogP contribution is 2.38. The quantitative estimate of drug-likeness (QED) is 0.703. The first kappa shape index (κ1) is 21.2. The van der Waals surface area contributed by atoms with E-state index in [1.807, 2.05) is 0 Å². The molecule has 2 aromatic rings. The van der Waals surface area contributed by atoms with Crippen molar-refractivity contribution in [1.29, 1.82) is 5.26 Å². The summed E-state index contributed by atoms with van der Waals surface area (Å²) >= 11 is 1.35. The van der Waals surface area contributed by atoms with Gasteiger partial charge < -0.3 is 24.5 Å². The molecule has 2 atom stereocenters. The molecule has 31 heavy (non-hydrogen) atoms. The van der Waals surface area contributed by atoms with Crippen molar-refractivity contribution < 1.29 is 23.8 Å². The van der Waals surface area contributed by atoms with Crippen LogP contribution >= 0.6 is 11.3 Å². The van der Waals surface area contributed by atoms with E-state index in [1.54, 1.807) is 23.1 Å². The van der Waals surface area contributed by atoms with Crippen molar-refractivity contribution in [2.45, 2.75) is 44.3 Å². The normalized spacial score (nSPS) is 20.8. The minimum atomic E-state index is -0.497. The summed E-state index contributed by atoms with van der Waals surface area (Å²) < 4.78 is 10.8. The van der Waals surface area contributed by atoms with E-state index in [1.165, 1.54) is 23.7 Å². The zero-order valence-electron chi connectivity index (χ0n) is 16.9. The smallest absolute Gasteiger partial charge is 0.410 e. The molecule has 1 aliphatic heterocycles. The van der Waals surface area contributed by atoms with Gasteiger partial charge in [0.25, 0.3) is 0 Å². The van der Waals surface area contributed by atoms with Crippen molar-refractivity contribution in [2.24, 2.45) is 0 Å². The van der Waals surface area contributed by atoms with Gasteiger partial charge in [-0.25, -0.2) is 4.79 Å². The van der Waals surface area contributed by atoms with Crippen LogP contribution in [0, 0.1) is 11.3 Å². The first-order valence-electron chi connectivity index (χ1n) is 10.2. The molecule has 2 unspecified atom stereocenters. The van der Waals surface area contributed by atoms with Gasteiger partial charge in [-0.3, -0.25) is 4.79 Å². The Bertz CT molecular complexity index is 1020. The molecule has 8 nitrogen and oxygen atoms in total. The number of nitriles is 1. The standard InChI is InChI=1S/C22H23N3O5S/c23-12-18-17-7-5-16(30-22(28)25-9-1-3-14(26)13-25)11-19(17)31-21(18)24-20(27)8-6-15-4-2-10-29-15/h2,4,6,8,10,14,16,26H,1,3,5,7,9,11,13H2,(H,24,27). The molecule has 2 N–H and O–H groups in total. The molecule has 4 rings (SSSR count). The molecule has 2 aromatic heterocycles. The van der Waals surface area contributed by atoms with Gasteiger partial charge in [0.1, 0.15) is 22.9 Å². The summed E-state index contributed by atoms with van der Waals surface area (Å²) in [6.07, 6.45) is 6.45. The van der Waals surface area contributed by atoms with E-state index in [2.05, 4.69) is 11.4 Å². The summed E-state index contributed by atoms with van der Waals surface area (Å²) in [5.74, 6) is 0.213. The Morgan fingerprint density at radius 3 is 3.03 bits per heavy atom. The van der Waals surface area contributed by atoms with Gasteiger partial charge in [0.05, 0.1) is 17.9 Å². The number of carbonyl (C=O) groups excluding carboxylic acids is 2. The highest BCUT2D eigenvalue weighted by atomic mass is 32.1. The minimum Gasteiger partial charge on any atom is -0.465 e. The molecular formula is C22H23N3O5S. The molecule has 2 amide bonds. The summed E-state index contributed by atoms with van der Waals surface area (Å²) in [6, 6.07) is 5.67. The third kappa shape index (κ3) is 4.98. The van der Waals surface area contributed by atoms with E-state index in [9.17, 15) is 20.0 Å². The number of nitrogens with zero attached hydrogens (tertiary/aromatic N) is 2. The molecule has 9 heteroatoms. The van der Waals surface area contributed by atoms with Gasteiger partial charge in [-0.05, 0) is 49.5 Å². The molecule has 0 bridgehead atoms. The Morgan fingerprint density at radius 2 is 2.29 bits per heavy atom. The predicted molar refractivity (Wildman–Crippen MR) is 115 cm³/mol. The van der Waals surface area contributed by atoms with Gasteiger partial charge >= 0.3 is 6.09 Å². The van der Waals surface area contributed by atoms with E-state index < -0.39 is 12.2 Å². The maximum absolute atomic E-state index is 12.4. The van der Waals surface area contributed by atoms with Crippen LogP contribution in [0.3, 0.4) is 0 Å². The summed E-state index contributed by atoms with van der Waals surface area (Å²) in [4.78, 5) is 27.2. The van der Waals surface area contributed by atoms with Crippen LogP contribution < -0.4 is 5.32 Å². The van der Waals surface area contributed by atoms with Gasteiger partial charge in [-0.15, -0.1) is 11.3 Å². The number of β-amino-alcohol motifs (C(OH)–C–C–N with tert-alkyl or cyclic N) is 1. The van der Waals surface area contributed by atoms with Crippen molar-refractivity contribution >= 4 is 34.4 Å². The number of amides is 2. The average molecular weight is 442 g/mol. The fourth-order valence-corrected chi connectivity index (χ4v) is 5.16. The van der Waals surface area contributed by atoms with Crippen molar-refractivity contribution in [3.63, 3.8) is 0 Å². The molecule has 3 heterocycles. The van der Waals surface area contributed by atoms with Crippen LogP contribution in [0.4, 0.5) is 9.80 Å². The van der Waals surface area contributed by atoms with E-state index in [-0.39, 0.29) is 12.0 Å². The lowest BCUT2D eigenvalue weighted by Crippen LogP contribution is -2.44. The molecule has 0 spiro atoms. The number of hydrogen-bond acceptors (Lipinski definition) is 7. The van der Waals surface area contributed by atoms with Crippen LogP contribution in [-0.2, 0) is 22.4 Å². The van der Waals surface area contributed by atoms with E-state index >= 15 is 0 Å². The number of nitrogens with one attached hydrogen (secondary N) is 1. The molecule has 1 aliphatic carbocycles. The highest BCUT2D eigenvalue weighted by molar-refractivity contribution is 7.16. The molecule has 1 saturated heterocycles. The number of carbonyl (C=O) groups is 2. The third-order valence-electron chi connectivity index (χ3n) is 5.43. The molecule has 162 valence electrons. The Hall–Kier alpha value is -3.09. The van der Waals surface area contributed by atoms with Crippen LogP contribution in [-0.4, -0.2) is 47.3 Å². The number of hydrogen-bond donors (Lipinski definition) is 2. The minimum absolute atomic E-state index is 0.285. The second-order valence-electron chi connectivity index (χ2n) is 7.65. The topological polar surface area (TPSA) is 116 Å². The highest BCUT2D eigenvalue weighted by Gasteiger charge is 2.30. The number of fused-ring (bicyclic) bond motifs is 1. The van der Waals surface area contributed by atoms with E-state index in [4.69, 9.17) is 9.15 Å². The maximum atomic E-state index is 12.4. The van der Waals surface area contributed by atoms with Crippen LogP contribution in [0.2, 0.25) is 0 Å². The van der Waals surface area contributed by atoms with Crippen molar-refractivity contribution in [1.82, 2.24) is 4.90 Å². The number of furan rings is 1. The van der Waals surface area contributed by atoms with Crippen LogP contribution in [0.1, 0.15) is 41.0 Å². The van der Waals surface area contributed by atoms with Crippen molar-refractivity contribution in [3.05, 3.63) is 46.2 Å². The second-order valence-corrected chi connectivity index (χ2v) is 8.75. The largest absolute Gasteiger partial charge is 0.465 e. The summed E-state index contributed by atoms with van der Waals surface area (Å²) in [7, 11) is 0. The Kier molecular flexibility index (Phi) is 6.39. The monoisotopic (exact) mass is 441 g/mol. The van der Waals surface area contributed by atoms with Gasteiger partial charge in [0.2, 0.25) is 5.91 Å². The predicted octanol–water partition coefficient (Wildman–Crippen LogP) is 3.32. The average Bonchev–Trinajstić information content (AvgIpc) is 3.39. The number of anilines is 1.